The summed E-state index contributed by atoms with van der Waals surface area (Å²) < 4.78 is 34.6. The van der Waals surface area contributed by atoms with E-state index >= 15 is 0 Å². The van der Waals surface area contributed by atoms with Gasteiger partial charge in [-0.3, -0.25) is 13.9 Å². The maximum Gasteiger partial charge on any atom is 0.264 e. The number of aryl methyl sites for hydroxylation is 1. The Morgan fingerprint density at radius 2 is 1.64 bits per heavy atom. The summed E-state index contributed by atoms with van der Waals surface area (Å²) in [6.07, 6.45) is 5.53. The van der Waals surface area contributed by atoms with E-state index < -0.39 is 28.5 Å². The van der Waals surface area contributed by atoms with Crippen LogP contribution in [0.2, 0.25) is 0 Å². The number of carbonyl (C=O) groups excluding carboxylic acids is 2. The van der Waals surface area contributed by atoms with Crippen LogP contribution in [0.1, 0.15) is 56.6 Å². The predicted octanol–water partition coefficient (Wildman–Crippen LogP) is 5.46. The van der Waals surface area contributed by atoms with Gasteiger partial charge in [0.25, 0.3) is 10.0 Å². The number of hydrogen-bond acceptors (Lipinski definition) is 5. The molecule has 0 aromatic heterocycles. The number of amides is 2. The van der Waals surface area contributed by atoms with Crippen LogP contribution in [0.25, 0.3) is 0 Å². The van der Waals surface area contributed by atoms with Crippen LogP contribution >= 0.6 is 0 Å². The van der Waals surface area contributed by atoms with Gasteiger partial charge in [0.05, 0.1) is 17.7 Å². The number of sulfonamides is 1. The van der Waals surface area contributed by atoms with Crippen molar-refractivity contribution in [2.75, 3.05) is 18.0 Å². The van der Waals surface area contributed by atoms with Crippen molar-refractivity contribution in [3.05, 3.63) is 90.0 Å². The molecular formula is C33H41N3O5S. The molecule has 3 aromatic rings. The molecule has 0 aliphatic heterocycles. The monoisotopic (exact) mass is 591 g/mol. The molecule has 1 atom stereocenters. The van der Waals surface area contributed by atoms with Crippen LogP contribution in [-0.2, 0) is 26.2 Å². The second-order valence-electron chi connectivity index (χ2n) is 10.8. The van der Waals surface area contributed by atoms with Crippen molar-refractivity contribution in [2.45, 2.75) is 75.9 Å². The Kier molecular flexibility index (Phi) is 10.6. The summed E-state index contributed by atoms with van der Waals surface area (Å²) in [6, 6.07) is 21.8. The first-order valence-corrected chi connectivity index (χ1v) is 16.0. The maximum absolute atomic E-state index is 14.3. The van der Waals surface area contributed by atoms with Crippen molar-refractivity contribution in [3.63, 3.8) is 0 Å². The summed E-state index contributed by atoms with van der Waals surface area (Å²) in [5.41, 5.74) is 2.14. The molecule has 4 rings (SSSR count). The summed E-state index contributed by atoms with van der Waals surface area (Å²) in [4.78, 5) is 29.5. The highest BCUT2D eigenvalue weighted by molar-refractivity contribution is 7.92. The van der Waals surface area contributed by atoms with E-state index in [1.807, 2.05) is 38.1 Å². The molecule has 1 aliphatic rings. The third-order valence-electron chi connectivity index (χ3n) is 7.74. The molecule has 1 saturated carbocycles. The molecule has 0 radical (unpaired) electrons. The van der Waals surface area contributed by atoms with E-state index in [0.717, 1.165) is 47.5 Å². The number of ether oxygens (including phenoxy) is 1. The molecular weight excluding hydrogens is 550 g/mol. The number of para-hydroxylation sites is 2. The highest BCUT2D eigenvalue weighted by Crippen LogP contribution is 2.32. The van der Waals surface area contributed by atoms with Crippen LogP contribution in [0.5, 0.6) is 5.75 Å². The van der Waals surface area contributed by atoms with Crippen LogP contribution in [0.4, 0.5) is 5.69 Å². The normalized spacial score (nSPS) is 14.5. The molecule has 1 N–H and O–H groups in total. The van der Waals surface area contributed by atoms with E-state index in [-0.39, 0.29) is 29.1 Å². The molecule has 9 heteroatoms. The number of benzene rings is 3. The smallest absolute Gasteiger partial charge is 0.264 e. The van der Waals surface area contributed by atoms with Gasteiger partial charge in [0.2, 0.25) is 11.8 Å². The number of nitrogens with one attached hydrogen (secondary N) is 1. The number of anilines is 1. The molecule has 2 amide bonds. The lowest BCUT2D eigenvalue weighted by Gasteiger charge is -2.34. The van der Waals surface area contributed by atoms with Crippen LogP contribution in [-0.4, -0.2) is 50.9 Å². The molecule has 0 unspecified atom stereocenters. The first-order chi connectivity index (χ1) is 20.2. The third-order valence-corrected chi connectivity index (χ3v) is 9.51. The van der Waals surface area contributed by atoms with Crippen molar-refractivity contribution < 1.29 is 22.7 Å². The number of carbonyl (C=O) groups is 2. The first-order valence-electron chi connectivity index (χ1n) is 14.6. The Morgan fingerprint density at radius 3 is 2.31 bits per heavy atom. The third kappa shape index (κ3) is 7.50. The standard InChI is InChI=1S/C33H41N3O5S/c1-4-29(33(38)34-27-16-7-5-8-17-27)35(23-26-15-13-14-25(2)22-26)32(37)24-36(30-20-11-12-21-31(30)41-3)42(39,40)28-18-9-6-10-19-28/h6,9-15,18-22,27,29H,4-5,7-8,16-17,23-24H2,1-3H3,(H,34,38)/t29-/m1/s1. The molecule has 0 bridgehead atoms. The summed E-state index contributed by atoms with van der Waals surface area (Å²) in [6.45, 7) is 3.51. The van der Waals surface area contributed by atoms with E-state index in [1.54, 1.807) is 42.5 Å². The Morgan fingerprint density at radius 1 is 0.952 bits per heavy atom. The van der Waals surface area contributed by atoms with Crippen LogP contribution < -0.4 is 14.4 Å². The minimum Gasteiger partial charge on any atom is -0.495 e. The zero-order valence-electron chi connectivity index (χ0n) is 24.7. The number of rotatable bonds is 12. The summed E-state index contributed by atoms with van der Waals surface area (Å²) in [7, 11) is -2.71. The second kappa shape index (κ2) is 14.4. The number of methoxy groups -OCH3 is 1. The van der Waals surface area contributed by atoms with Gasteiger partial charge in [0.15, 0.2) is 0 Å². The highest BCUT2D eigenvalue weighted by atomic mass is 32.2. The molecule has 42 heavy (non-hydrogen) atoms. The fourth-order valence-corrected chi connectivity index (χ4v) is 6.99. The van der Waals surface area contributed by atoms with Gasteiger partial charge >= 0.3 is 0 Å². The Balaban J connectivity index is 1.72. The Bertz CT molecular complexity index is 1460. The maximum atomic E-state index is 14.3. The highest BCUT2D eigenvalue weighted by Gasteiger charge is 2.35. The predicted molar refractivity (Wildman–Crippen MR) is 165 cm³/mol. The molecule has 1 aliphatic carbocycles. The zero-order valence-corrected chi connectivity index (χ0v) is 25.5. The average Bonchev–Trinajstić information content (AvgIpc) is 3.00. The number of nitrogens with zero attached hydrogens (tertiary/aromatic N) is 2. The Labute approximate surface area is 249 Å². The summed E-state index contributed by atoms with van der Waals surface area (Å²) >= 11 is 0. The molecule has 0 saturated heterocycles. The van der Waals surface area contributed by atoms with Gasteiger partial charge in [-0.1, -0.05) is 86.3 Å². The van der Waals surface area contributed by atoms with Gasteiger partial charge in [-0.2, -0.15) is 0 Å². The molecule has 224 valence electrons. The zero-order chi connectivity index (χ0) is 30.1. The Hall–Kier alpha value is -3.85. The molecule has 3 aromatic carbocycles. The fraction of sp³-hybridized carbons (Fsp3) is 0.394. The van der Waals surface area contributed by atoms with E-state index in [0.29, 0.717) is 12.2 Å². The van der Waals surface area contributed by atoms with Crippen molar-refractivity contribution in [1.82, 2.24) is 10.2 Å². The minimum absolute atomic E-state index is 0.0519. The van der Waals surface area contributed by atoms with Crippen molar-refractivity contribution in [2.24, 2.45) is 0 Å². The van der Waals surface area contributed by atoms with Crippen molar-refractivity contribution >= 4 is 27.5 Å². The van der Waals surface area contributed by atoms with E-state index in [1.165, 1.54) is 24.1 Å². The van der Waals surface area contributed by atoms with E-state index in [4.69, 9.17) is 4.74 Å². The van der Waals surface area contributed by atoms with Gasteiger partial charge in [0.1, 0.15) is 18.3 Å². The minimum atomic E-state index is -4.16. The van der Waals surface area contributed by atoms with Gasteiger partial charge in [-0.05, 0) is 56.0 Å². The topological polar surface area (TPSA) is 96.0 Å². The van der Waals surface area contributed by atoms with Crippen LogP contribution in [0.3, 0.4) is 0 Å². The fourth-order valence-electron chi connectivity index (χ4n) is 5.54. The van der Waals surface area contributed by atoms with Gasteiger partial charge < -0.3 is 15.0 Å². The lowest BCUT2D eigenvalue weighted by molar-refractivity contribution is -0.140. The number of hydrogen-bond donors (Lipinski definition) is 1. The van der Waals surface area contributed by atoms with Gasteiger partial charge in [-0.25, -0.2) is 8.42 Å². The lowest BCUT2D eigenvalue weighted by atomic mass is 9.95. The van der Waals surface area contributed by atoms with E-state index in [9.17, 15) is 18.0 Å². The van der Waals surface area contributed by atoms with E-state index in [2.05, 4.69) is 5.32 Å². The second-order valence-corrected chi connectivity index (χ2v) is 12.6. The van der Waals surface area contributed by atoms with Crippen molar-refractivity contribution in [1.29, 1.82) is 0 Å². The lowest BCUT2D eigenvalue weighted by Crippen LogP contribution is -2.54. The van der Waals surface area contributed by atoms with Crippen LogP contribution in [0.15, 0.2) is 83.8 Å². The first kappa shape index (κ1) is 31.1. The summed E-state index contributed by atoms with van der Waals surface area (Å²) in [5.74, 6) is -0.371. The molecule has 0 heterocycles. The molecule has 1 fully saturated rings. The molecule has 8 nitrogen and oxygen atoms in total. The largest absolute Gasteiger partial charge is 0.495 e. The molecule has 0 spiro atoms. The van der Waals surface area contributed by atoms with Crippen LogP contribution in [0, 0.1) is 6.92 Å². The van der Waals surface area contributed by atoms with Gasteiger partial charge in [-0.15, -0.1) is 0 Å². The quantitative estimate of drug-likeness (QED) is 0.302. The SMILES string of the molecule is CC[C@H](C(=O)NC1CCCCC1)N(Cc1cccc(C)c1)C(=O)CN(c1ccccc1OC)S(=O)(=O)c1ccccc1. The van der Waals surface area contributed by atoms with Crippen molar-refractivity contribution in [3.8, 4) is 5.75 Å². The summed E-state index contributed by atoms with van der Waals surface area (Å²) in [5, 5.41) is 3.18. The van der Waals surface area contributed by atoms with Gasteiger partial charge in [0, 0.05) is 12.6 Å². The average molecular weight is 592 g/mol.